The van der Waals surface area contributed by atoms with E-state index in [1.54, 1.807) is 7.05 Å². The molecule has 2 atom stereocenters. The predicted octanol–water partition coefficient (Wildman–Crippen LogP) is -0.479. The van der Waals surface area contributed by atoms with E-state index in [2.05, 4.69) is 10.6 Å². The van der Waals surface area contributed by atoms with Crippen LogP contribution in [0.3, 0.4) is 0 Å². The Kier molecular flexibility index (Phi) is 3.43. The maximum atomic E-state index is 11.5. The lowest BCUT2D eigenvalue weighted by atomic mass is 9.73. The summed E-state index contributed by atoms with van der Waals surface area (Å²) in [6, 6.07) is 0. The number of nitrogens with one attached hydrogen (secondary N) is 2. The molecule has 0 bridgehead atoms. The van der Waals surface area contributed by atoms with Gasteiger partial charge in [-0.1, -0.05) is 0 Å². The second-order valence-corrected chi connectivity index (χ2v) is 4.54. The summed E-state index contributed by atoms with van der Waals surface area (Å²) in [5, 5.41) is 5.55. The van der Waals surface area contributed by atoms with Gasteiger partial charge in [0.2, 0.25) is 11.8 Å². The summed E-state index contributed by atoms with van der Waals surface area (Å²) in [5.41, 5.74) is 0. The third-order valence-electron chi connectivity index (χ3n) is 3.55. The molecule has 0 aromatic carbocycles. The summed E-state index contributed by atoms with van der Waals surface area (Å²) in [6.07, 6.45) is 1.96. The van der Waals surface area contributed by atoms with Crippen LogP contribution in [-0.2, 0) is 14.3 Å². The van der Waals surface area contributed by atoms with Gasteiger partial charge in [0.25, 0.3) is 0 Å². The fourth-order valence-corrected chi connectivity index (χ4v) is 2.11. The van der Waals surface area contributed by atoms with Crippen LogP contribution in [-0.4, -0.2) is 38.6 Å². The average molecular weight is 226 g/mol. The van der Waals surface area contributed by atoms with E-state index in [4.69, 9.17) is 4.74 Å². The van der Waals surface area contributed by atoms with Crippen molar-refractivity contribution < 1.29 is 14.3 Å². The fraction of sp³-hybridized carbons (Fsp3) is 0.818. The Labute approximate surface area is 94.9 Å². The van der Waals surface area contributed by atoms with Crippen molar-refractivity contribution in [3.8, 4) is 0 Å². The van der Waals surface area contributed by atoms with Crippen molar-refractivity contribution in [2.75, 3.05) is 26.8 Å². The molecule has 2 aliphatic rings. The third-order valence-corrected chi connectivity index (χ3v) is 3.55. The normalized spacial score (nSPS) is 28.8. The van der Waals surface area contributed by atoms with Gasteiger partial charge in [-0.05, 0) is 18.8 Å². The van der Waals surface area contributed by atoms with Crippen LogP contribution < -0.4 is 10.6 Å². The van der Waals surface area contributed by atoms with E-state index >= 15 is 0 Å². The van der Waals surface area contributed by atoms with Crippen molar-refractivity contribution in [1.82, 2.24) is 10.6 Å². The summed E-state index contributed by atoms with van der Waals surface area (Å²) in [7, 11) is 1.65. The van der Waals surface area contributed by atoms with E-state index in [0.717, 1.165) is 12.8 Å². The molecule has 16 heavy (non-hydrogen) atoms. The van der Waals surface area contributed by atoms with E-state index in [1.807, 2.05) is 0 Å². The Hall–Kier alpha value is -1.10. The summed E-state index contributed by atoms with van der Waals surface area (Å²) >= 11 is 0. The zero-order chi connectivity index (χ0) is 11.5. The lowest BCUT2D eigenvalue weighted by molar-refractivity contribution is -0.140. The minimum absolute atomic E-state index is 0.0264. The van der Waals surface area contributed by atoms with Crippen LogP contribution in [0.15, 0.2) is 0 Å². The summed E-state index contributed by atoms with van der Waals surface area (Å²) < 4.78 is 4.95. The van der Waals surface area contributed by atoms with Crippen molar-refractivity contribution in [2.24, 2.45) is 17.8 Å². The minimum atomic E-state index is 0.0264. The first-order chi connectivity index (χ1) is 7.72. The van der Waals surface area contributed by atoms with Gasteiger partial charge in [-0.15, -0.1) is 0 Å². The van der Waals surface area contributed by atoms with Gasteiger partial charge in [-0.2, -0.15) is 0 Å². The first-order valence-electron chi connectivity index (χ1n) is 5.79. The van der Waals surface area contributed by atoms with E-state index in [9.17, 15) is 9.59 Å². The molecule has 1 saturated heterocycles. The first-order valence-corrected chi connectivity index (χ1v) is 5.79. The van der Waals surface area contributed by atoms with Crippen LogP contribution in [0.1, 0.15) is 12.8 Å². The van der Waals surface area contributed by atoms with Gasteiger partial charge in [0.05, 0.1) is 19.1 Å². The molecule has 2 N–H and O–H groups in total. The van der Waals surface area contributed by atoms with Crippen LogP contribution in [0.2, 0.25) is 0 Å². The standard InChI is InChI=1S/C11H18N2O3/c1-12-11(15)9-3-2-7(9)4-13-10(14)8-5-16-6-8/h7-9H,2-6H2,1H3,(H,12,15)(H,13,14). The number of carbonyl (C=O) groups is 2. The van der Waals surface area contributed by atoms with Crippen molar-refractivity contribution in [1.29, 1.82) is 0 Å². The van der Waals surface area contributed by atoms with Gasteiger partial charge in [-0.25, -0.2) is 0 Å². The van der Waals surface area contributed by atoms with Gasteiger partial charge in [0.15, 0.2) is 0 Å². The highest BCUT2D eigenvalue weighted by Crippen LogP contribution is 2.33. The molecule has 1 heterocycles. The van der Waals surface area contributed by atoms with E-state index < -0.39 is 0 Å². The molecule has 0 aromatic rings. The van der Waals surface area contributed by atoms with Gasteiger partial charge in [0, 0.05) is 19.5 Å². The molecule has 5 nitrogen and oxygen atoms in total. The molecule has 5 heteroatoms. The molecular formula is C11H18N2O3. The number of hydrogen-bond donors (Lipinski definition) is 2. The van der Waals surface area contributed by atoms with Crippen molar-refractivity contribution in [3.63, 3.8) is 0 Å². The van der Waals surface area contributed by atoms with Gasteiger partial charge < -0.3 is 15.4 Å². The van der Waals surface area contributed by atoms with Crippen LogP contribution >= 0.6 is 0 Å². The van der Waals surface area contributed by atoms with Crippen LogP contribution in [0.4, 0.5) is 0 Å². The summed E-state index contributed by atoms with van der Waals surface area (Å²) in [4.78, 5) is 22.9. The van der Waals surface area contributed by atoms with Crippen LogP contribution in [0.5, 0.6) is 0 Å². The number of rotatable bonds is 4. The number of carbonyl (C=O) groups excluding carboxylic acids is 2. The number of hydrogen-bond acceptors (Lipinski definition) is 3. The van der Waals surface area contributed by atoms with Crippen molar-refractivity contribution >= 4 is 11.8 Å². The zero-order valence-corrected chi connectivity index (χ0v) is 9.49. The predicted molar refractivity (Wildman–Crippen MR) is 57.6 cm³/mol. The van der Waals surface area contributed by atoms with E-state index in [1.165, 1.54) is 0 Å². The highest BCUT2D eigenvalue weighted by atomic mass is 16.5. The largest absolute Gasteiger partial charge is 0.380 e. The molecular weight excluding hydrogens is 208 g/mol. The monoisotopic (exact) mass is 226 g/mol. The van der Waals surface area contributed by atoms with E-state index in [-0.39, 0.29) is 23.7 Å². The van der Waals surface area contributed by atoms with Gasteiger partial charge in [-0.3, -0.25) is 9.59 Å². The summed E-state index contributed by atoms with van der Waals surface area (Å²) in [6.45, 7) is 1.69. The maximum Gasteiger partial charge on any atom is 0.227 e. The average Bonchev–Trinajstić information content (AvgIpc) is 2.13. The molecule has 1 saturated carbocycles. The van der Waals surface area contributed by atoms with Crippen molar-refractivity contribution in [2.45, 2.75) is 12.8 Å². The molecule has 1 aliphatic carbocycles. The maximum absolute atomic E-state index is 11.5. The first kappa shape index (κ1) is 11.4. The van der Waals surface area contributed by atoms with Crippen LogP contribution in [0, 0.1) is 17.8 Å². The fourth-order valence-electron chi connectivity index (χ4n) is 2.11. The molecule has 0 aromatic heterocycles. The lowest BCUT2D eigenvalue weighted by Gasteiger charge is -2.36. The topological polar surface area (TPSA) is 67.4 Å². The molecule has 2 fully saturated rings. The smallest absolute Gasteiger partial charge is 0.227 e. The van der Waals surface area contributed by atoms with Crippen molar-refractivity contribution in [3.05, 3.63) is 0 Å². The molecule has 2 unspecified atom stereocenters. The number of ether oxygens (including phenoxy) is 1. The molecule has 1 aliphatic heterocycles. The summed E-state index contributed by atoms with van der Waals surface area (Å²) in [5.74, 6) is 0.581. The second-order valence-electron chi connectivity index (χ2n) is 4.54. The highest BCUT2D eigenvalue weighted by molar-refractivity contribution is 5.81. The van der Waals surface area contributed by atoms with E-state index in [0.29, 0.717) is 25.7 Å². The Balaban J connectivity index is 1.69. The Morgan fingerprint density at radius 2 is 2.00 bits per heavy atom. The quantitative estimate of drug-likeness (QED) is 0.680. The van der Waals surface area contributed by atoms with Crippen LogP contribution in [0.25, 0.3) is 0 Å². The Morgan fingerprint density at radius 3 is 2.44 bits per heavy atom. The van der Waals surface area contributed by atoms with Gasteiger partial charge in [0.1, 0.15) is 0 Å². The molecule has 2 amide bonds. The van der Waals surface area contributed by atoms with Gasteiger partial charge >= 0.3 is 0 Å². The minimum Gasteiger partial charge on any atom is -0.380 e. The Morgan fingerprint density at radius 1 is 1.25 bits per heavy atom. The SMILES string of the molecule is CNC(=O)C1CCC1CNC(=O)C1COC1. The molecule has 0 radical (unpaired) electrons. The molecule has 2 rings (SSSR count). The second kappa shape index (κ2) is 4.82. The highest BCUT2D eigenvalue weighted by Gasteiger charge is 2.36. The zero-order valence-electron chi connectivity index (χ0n) is 9.49. The third kappa shape index (κ3) is 2.19. The lowest BCUT2D eigenvalue weighted by Crippen LogP contribution is -2.48. The molecule has 90 valence electrons. The number of amides is 2. The molecule has 0 spiro atoms. The Bertz CT molecular complexity index is 289.